The average molecular weight is 480 g/mol. The molecule has 0 aliphatic heterocycles. The minimum atomic E-state index is 0.347. The van der Waals surface area contributed by atoms with Gasteiger partial charge in [0, 0.05) is 0 Å². The number of rotatable bonds is 5. The first-order valence-corrected chi connectivity index (χ1v) is 11.6. The van der Waals surface area contributed by atoms with Crippen molar-refractivity contribution in [1.29, 1.82) is 5.26 Å². The summed E-state index contributed by atoms with van der Waals surface area (Å²) < 4.78 is 5.97. The summed E-state index contributed by atoms with van der Waals surface area (Å²) in [4.78, 5) is 0. The maximum atomic E-state index is 9.78. The Morgan fingerprint density at radius 1 is 0.735 bits per heavy atom. The molecule has 4 heteroatoms. The van der Waals surface area contributed by atoms with E-state index in [1.165, 1.54) is 5.39 Å². The number of benzene rings is 5. The molecule has 0 aliphatic rings. The Morgan fingerprint density at radius 2 is 1.32 bits per heavy atom. The van der Waals surface area contributed by atoms with Crippen molar-refractivity contribution in [1.82, 2.24) is 0 Å². The number of halogens is 2. The molecule has 34 heavy (non-hydrogen) atoms. The third kappa shape index (κ3) is 4.63. The molecular weight excluding hydrogens is 461 g/mol. The number of nitriles is 1. The van der Waals surface area contributed by atoms with E-state index in [-0.39, 0.29) is 0 Å². The molecule has 0 unspecified atom stereocenters. The smallest absolute Gasteiger partial charge is 0.157 e. The summed E-state index contributed by atoms with van der Waals surface area (Å²) in [6.07, 6.45) is 1.79. The number of nitrogens with zero attached hydrogens (tertiary/aromatic N) is 1. The van der Waals surface area contributed by atoms with Gasteiger partial charge in [-0.3, -0.25) is 0 Å². The predicted molar refractivity (Wildman–Crippen MR) is 142 cm³/mol. The third-order valence-electron chi connectivity index (χ3n) is 5.71. The highest BCUT2D eigenvalue weighted by atomic mass is 35.5. The summed E-state index contributed by atoms with van der Waals surface area (Å²) in [6.45, 7) is 0.347. The molecule has 164 valence electrons. The van der Waals surface area contributed by atoms with Gasteiger partial charge < -0.3 is 4.74 Å². The Labute approximate surface area is 208 Å². The molecule has 0 amide bonds. The SMILES string of the molecule is N#CC(=Cc1cc(Cl)c(OCc2ccc3ccccc3c2)c(Cl)c1)c1ccc2ccccc2c1. The lowest BCUT2D eigenvalue weighted by atomic mass is 10.00. The molecule has 0 bridgehead atoms. The normalized spacial score (nSPS) is 11.5. The Kier molecular flexibility index (Phi) is 6.23. The molecule has 0 spiro atoms. The predicted octanol–water partition coefficient (Wildman–Crippen LogP) is 8.94. The molecule has 5 aromatic rings. The third-order valence-corrected chi connectivity index (χ3v) is 6.27. The van der Waals surface area contributed by atoms with Crippen molar-refractivity contribution in [3.05, 3.63) is 124 Å². The van der Waals surface area contributed by atoms with Crippen molar-refractivity contribution in [2.75, 3.05) is 0 Å². The topological polar surface area (TPSA) is 33.0 Å². The Hall–Kier alpha value is -3.77. The fourth-order valence-corrected chi connectivity index (χ4v) is 4.60. The quantitative estimate of drug-likeness (QED) is 0.186. The van der Waals surface area contributed by atoms with E-state index in [0.29, 0.717) is 28.0 Å². The van der Waals surface area contributed by atoms with Crippen molar-refractivity contribution in [3.8, 4) is 11.8 Å². The van der Waals surface area contributed by atoms with Crippen molar-refractivity contribution >= 4 is 56.4 Å². The lowest BCUT2D eigenvalue weighted by Crippen LogP contribution is -1.97. The van der Waals surface area contributed by atoms with Crippen LogP contribution in [0.3, 0.4) is 0 Å². The molecular formula is C30H19Cl2NO. The van der Waals surface area contributed by atoms with E-state index in [4.69, 9.17) is 27.9 Å². The first kappa shape index (κ1) is 22.0. The molecule has 0 fully saturated rings. The van der Waals surface area contributed by atoms with Gasteiger partial charge in [0.2, 0.25) is 0 Å². The molecule has 0 aliphatic carbocycles. The van der Waals surface area contributed by atoms with E-state index in [1.54, 1.807) is 18.2 Å². The zero-order valence-corrected chi connectivity index (χ0v) is 19.6. The molecule has 2 nitrogen and oxygen atoms in total. The number of hydrogen-bond acceptors (Lipinski definition) is 2. The van der Waals surface area contributed by atoms with Gasteiger partial charge in [0.25, 0.3) is 0 Å². The van der Waals surface area contributed by atoms with Crippen LogP contribution in [0.4, 0.5) is 0 Å². The maximum absolute atomic E-state index is 9.78. The molecule has 0 aromatic heterocycles. The van der Waals surface area contributed by atoms with Crippen molar-refractivity contribution in [2.45, 2.75) is 6.61 Å². The minimum Gasteiger partial charge on any atom is -0.486 e. The molecule has 5 aromatic carbocycles. The van der Waals surface area contributed by atoms with Crippen LogP contribution >= 0.6 is 23.2 Å². The summed E-state index contributed by atoms with van der Waals surface area (Å²) in [7, 11) is 0. The Balaban J connectivity index is 1.40. The van der Waals surface area contributed by atoms with Crippen LogP contribution < -0.4 is 4.74 Å². The number of fused-ring (bicyclic) bond motifs is 2. The lowest BCUT2D eigenvalue weighted by molar-refractivity contribution is 0.307. The fraction of sp³-hybridized carbons (Fsp3) is 0.0333. The van der Waals surface area contributed by atoms with Gasteiger partial charge in [-0.05, 0) is 68.6 Å². The summed E-state index contributed by atoms with van der Waals surface area (Å²) in [6, 6.07) is 34.2. The standard InChI is InChI=1S/C30H19Cl2NO/c31-28-15-21(14-27(18-33)26-12-11-23-6-2-4-8-25(23)17-26)16-29(32)30(28)34-19-20-9-10-22-5-1-3-7-24(22)13-20/h1-17H,19H2. The summed E-state index contributed by atoms with van der Waals surface area (Å²) in [5, 5.41) is 15.1. The van der Waals surface area contributed by atoms with E-state index in [1.807, 2.05) is 60.7 Å². The van der Waals surface area contributed by atoms with Crippen LogP contribution in [-0.4, -0.2) is 0 Å². The highest BCUT2D eigenvalue weighted by molar-refractivity contribution is 6.37. The van der Waals surface area contributed by atoms with E-state index < -0.39 is 0 Å². The molecule has 0 atom stereocenters. The van der Waals surface area contributed by atoms with Crippen LogP contribution in [0.25, 0.3) is 33.2 Å². The molecule has 0 radical (unpaired) electrons. The highest BCUT2D eigenvalue weighted by Crippen LogP contribution is 2.36. The Bertz CT molecular complexity index is 1570. The van der Waals surface area contributed by atoms with Crippen LogP contribution in [0, 0.1) is 11.3 Å². The number of allylic oxidation sites excluding steroid dienone is 1. The second-order valence-electron chi connectivity index (χ2n) is 8.02. The van der Waals surface area contributed by atoms with Crippen LogP contribution in [0.5, 0.6) is 5.75 Å². The molecule has 0 heterocycles. The second-order valence-corrected chi connectivity index (χ2v) is 8.83. The van der Waals surface area contributed by atoms with Crippen LogP contribution in [0.2, 0.25) is 10.0 Å². The monoisotopic (exact) mass is 479 g/mol. The first-order chi connectivity index (χ1) is 16.6. The first-order valence-electron chi connectivity index (χ1n) is 10.8. The summed E-state index contributed by atoms with van der Waals surface area (Å²) in [5.41, 5.74) is 3.13. The van der Waals surface area contributed by atoms with Gasteiger partial charge in [0.1, 0.15) is 6.61 Å². The van der Waals surface area contributed by atoms with Gasteiger partial charge in [-0.2, -0.15) is 5.26 Å². The molecule has 0 N–H and O–H groups in total. The number of hydrogen-bond donors (Lipinski definition) is 0. The van der Waals surface area contributed by atoms with Gasteiger partial charge in [0.05, 0.1) is 21.7 Å². The van der Waals surface area contributed by atoms with E-state index in [9.17, 15) is 5.26 Å². The van der Waals surface area contributed by atoms with Crippen molar-refractivity contribution in [2.24, 2.45) is 0 Å². The van der Waals surface area contributed by atoms with Crippen LogP contribution in [-0.2, 0) is 6.61 Å². The Morgan fingerprint density at radius 3 is 1.97 bits per heavy atom. The molecule has 5 rings (SSSR count). The van der Waals surface area contributed by atoms with E-state index in [0.717, 1.165) is 32.8 Å². The van der Waals surface area contributed by atoms with Gasteiger partial charge >= 0.3 is 0 Å². The minimum absolute atomic E-state index is 0.347. The average Bonchev–Trinajstić information content (AvgIpc) is 2.86. The van der Waals surface area contributed by atoms with E-state index >= 15 is 0 Å². The van der Waals surface area contributed by atoms with Crippen LogP contribution in [0.15, 0.2) is 97.1 Å². The van der Waals surface area contributed by atoms with Gasteiger partial charge in [-0.25, -0.2) is 0 Å². The zero-order chi connectivity index (χ0) is 23.5. The highest BCUT2D eigenvalue weighted by Gasteiger charge is 2.11. The van der Waals surface area contributed by atoms with Gasteiger partial charge in [0.15, 0.2) is 5.75 Å². The molecule has 0 saturated carbocycles. The molecule has 0 saturated heterocycles. The van der Waals surface area contributed by atoms with Gasteiger partial charge in [-0.15, -0.1) is 0 Å². The van der Waals surface area contributed by atoms with Crippen molar-refractivity contribution in [3.63, 3.8) is 0 Å². The summed E-state index contributed by atoms with van der Waals surface area (Å²) >= 11 is 13.1. The van der Waals surface area contributed by atoms with Crippen LogP contribution in [0.1, 0.15) is 16.7 Å². The fourth-order valence-electron chi connectivity index (χ4n) is 3.99. The zero-order valence-electron chi connectivity index (χ0n) is 18.1. The number of ether oxygens (including phenoxy) is 1. The lowest BCUT2D eigenvalue weighted by Gasteiger charge is -2.12. The van der Waals surface area contributed by atoms with E-state index in [2.05, 4.69) is 30.3 Å². The van der Waals surface area contributed by atoms with Gasteiger partial charge in [-0.1, -0.05) is 96.0 Å². The second kappa shape index (κ2) is 9.61. The maximum Gasteiger partial charge on any atom is 0.157 e. The largest absolute Gasteiger partial charge is 0.486 e. The summed E-state index contributed by atoms with van der Waals surface area (Å²) in [5.74, 6) is 0.429. The van der Waals surface area contributed by atoms with Crippen molar-refractivity contribution < 1.29 is 4.74 Å².